The van der Waals surface area contributed by atoms with E-state index in [-0.39, 0.29) is 0 Å². The highest BCUT2D eigenvalue weighted by Gasteiger charge is 2.22. The van der Waals surface area contributed by atoms with Crippen molar-refractivity contribution in [2.24, 2.45) is 0 Å². The van der Waals surface area contributed by atoms with E-state index >= 15 is 0 Å². The van der Waals surface area contributed by atoms with E-state index in [0.717, 1.165) is 94.1 Å². The number of hydrogen-bond acceptors (Lipinski definition) is 3. The molecule has 0 unspecified atom stereocenters. The van der Waals surface area contributed by atoms with Gasteiger partial charge in [0.2, 0.25) is 0 Å². The van der Waals surface area contributed by atoms with Gasteiger partial charge in [0.05, 0.1) is 5.69 Å². The quantitative estimate of drug-likeness (QED) is 0.173. The summed E-state index contributed by atoms with van der Waals surface area (Å²) in [6.45, 7) is 0. The van der Waals surface area contributed by atoms with Crippen LogP contribution < -0.4 is 4.90 Å². The number of para-hydroxylation sites is 2. The topological polar surface area (TPSA) is 29.5 Å². The number of fused-ring (bicyclic) bond motifs is 8. The molecule has 3 nitrogen and oxygen atoms in total. The lowest BCUT2D eigenvalue weighted by atomic mass is 9.95. The molecule has 0 aliphatic carbocycles. The summed E-state index contributed by atoms with van der Waals surface area (Å²) in [5.74, 6) is 0. The molecule has 11 rings (SSSR count). The van der Waals surface area contributed by atoms with E-state index in [0.29, 0.717) is 0 Å². The van der Waals surface area contributed by atoms with Crippen LogP contribution in [0.5, 0.6) is 0 Å². The first kappa shape index (κ1) is 31.2. The summed E-state index contributed by atoms with van der Waals surface area (Å²) in [7, 11) is 0. The zero-order valence-electron chi connectivity index (χ0n) is 29.8. The van der Waals surface area contributed by atoms with E-state index in [1.807, 2.05) is 12.1 Å². The summed E-state index contributed by atoms with van der Waals surface area (Å²) in [6, 6.07) is 71.0. The van der Waals surface area contributed by atoms with Crippen LogP contribution in [0, 0.1) is 0 Å². The number of rotatable bonds is 6. The summed E-state index contributed by atoms with van der Waals surface area (Å²) < 4.78 is 12.9. The predicted molar refractivity (Wildman–Crippen MR) is 229 cm³/mol. The Bertz CT molecular complexity index is 3210. The molecule has 0 aliphatic rings. The van der Waals surface area contributed by atoms with Crippen LogP contribution in [0.2, 0.25) is 0 Å². The van der Waals surface area contributed by atoms with Gasteiger partial charge < -0.3 is 13.7 Å². The highest BCUT2D eigenvalue weighted by Crippen LogP contribution is 2.46. The third-order valence-corrected chi connectivity index (χ3v) is 10.9. The third-order valence-electron chi connectivity index (χ3n) is 10.9. The molecule has 9 aromatic carbocycles. The van der Waals surface area contributed by atoms with Crippen molar-refractivity contribution in [1.82, 2.24) is 0 Å². The van der Waals surface area contributed by atoms with Gasteiger partial charge in [-0.2, -0.15) is 0 Å². The highest BCUT2D eigenvalue weighted by molar-refractivity contribution is 6.20. The van der Waals surface area contributed by atoms with Gasteiger partial charge in [-0.3, -0.25) is 0 Å². The fourth-order valence-corrected chi connectivity index (χ4v) is 8.36. The SMILES string of the molecule is c1ccc(-c2cccc(N(c3ccc(-c4cccc5oc6ccccc6c45)cc3)c3ccccc3-c3cccc4oc5c6ccccc6ccc5c34)c2)cc1. The molecule has 11 aromatic rings. The van der Waals surface area contributed by atoms with E-state index in [9.17, 15) is 0 Å². The van der Waals surface area contributed by atoms with Crippen LogP contribution >= 0.6 is 0 Å². The summed E-state index contributed by atoms with van der Waals surface area (Å²) in [6.07, 6.45) is 0. The van der Waals surface area contributed by atoms with Gasteiger partial charge in [-0.25, -0.2) is 0 Å². The summed E-state index contributed by atoms with van der Waals surface area (Å²) in [5.41, 5.74) is 13.7. The van der Waals surface area contributed by atoms with Gasteiger partial charge in [0, 0.05) is 43.9 Å². The van der Waals surface area contributed by atoms with Crippen LogP contribution in [0.25, 0.3) is 88.0 Å². The first-order valence-electron chi connectivity index (χ1n) is 18.7. The number of hydrogen-bond donors (Lipinski definition) is 0. The Morgan fingerprint density at radius 3 is 1.84 bits per heavy atom. The van der Waals surface area contributed by atoms with Gasteiger partial charge in [0.15, 0.2) is 0 Å². The molecule has 0 fully saturated rings. The Hall–Kier alpha value is -7.36. The maximum absolute atomic E-state index is 6.65. The number of furan rings is 2. The fraction of sp³-hybridized carbons (Fsp3) is 0. The van der Waals surface area contributed by atoms with Crippen LogP contribution in [-0.4, -0.2) is 0 Å². The molecule has 0 spiro atoms. The van der Waals surface area contributed by atoms with Crippen molar-refractivity contribution in [2.75, 3.05) is 4.90 Å². The van der Waals surface area contributed by atoms with Gasteiger partial charge in [-0.1, -0.05) is 146 Å². The smallest absolute Gasteiger partial charge is 0.143 e. The molecule has 2 heterocycles. The second kappa shape index (κ2) is 12.6. The Kier molecular flexibility index (Phi) is 7.17. The standard InChI is InChI=1S/C52H33NO2/c1-2-13-34(14-3-1)37-16-10-17-39(33-37)53(38-30-27-36(28-31-38)40-21-11-25-48-50(40)44-20-7-9-24-47(44)54-48)46-23-8-6-19-42(46)43-22-12-26-49-51(43)45-32-29-35-15-4-5-18-41(35)52(45)55-49/h1-33H. The molecule has 3 heteroatoms. The molecule has 0 radical (unpaired) electrons. The second-order valence-corrected chi connectivity index (χ2v) is 14.0. The second-order valence-electron chi connectivity index (χ2n) is 14.0. The minimum atomic E-state index is 0.876. The number of nitrogens with zero attached hydrogens (tertiary/aromatic N) is 1. The molecule has 0 aliphatic heterocycles. The molecular weight excluding hydrogens is 671 g/mol. The molecule has 0 atom stereocenters. The first-order valence-corrected chi connectivity index (χ1v) is 18.7. The van der Waals surface area contributed by atoms with Crippen molar-refractivity contribution in [2.45, 2.75) is 0 Å². The molecule has 0 amide bonds. The lowest BCUT2D eigenvalue weighted by molar-refractivity contribution is 0.669. The molecule has 0 N–H and O–H groups in total. The average molecular weight is 704 g/mol. The predicted octanol–water partition coefficient (Wildman–Crippen LogP) is 15.1. The van der Waals surface area contributed by atoms with E-state index in [1.165, 1.54) is 10.9 Å². The minimum absolute atomic E-state index is 0.876. The Labute approximate surface area is 317 Å². The average Bonchev–Trinajstić information content (AvgIpc) is 3.84. The van der Waals surface area contributed by atoms with Crippen LogP contribution in [0.1, 0.15) is 0 Å². The molecular formula is C52H33NO2. The maximum atomic E-state index is 6.65. The third kappa shape index (κ3) is 5.13. The Morgan fingerprint density at radius 2 is 0.964 bits per heavy atom. The van der Waals surface area contributed by atoms with E-state index in [4.69, 9.17) is 8.83 Å². The number of benzene rings is 9. The van der Waals surface area contributed by atoms with E-state index in [1.54, 1.807) is 0 Å². The van der Waals surface area contributed by atoms with Gasteiger partial charge in [-0.15, -0.1) is 0 Å². The summed E-state index contributed by atoms with van der Waals surface area (Å²) in [5, 5.41) is 6.78. The Balaban J connectivity index is 1.11. The van der Waals surface area contributed by atoms with Crippen LogP contribution in [0.15, 0.2) is 209 Å². The van der Waals surface area contributed by atoms with Crippen LogP contribution in [-0.2, 0) is 0 Å². The van der Waals surface area contributed by atoms with E-state index in [2.05, 4.69) is 193 Å². The zero-order valence-corrected chi connectivity index (χ0v) is 29.8. The van der Waals surface area contributed by atoms with Gasteiger partial charge in [0.25, 0.3) is 0 Å². The van der Waals surface area contributed by atoms with Crippen molar-refractivity contribution in [1.29, 1.82) is 0 Å². The monoisotopic (exact) mass is 703 g/mol. The maximum Gasteiger partial charge on any atom is 0.143 e. The molecule has 55 heavy (non-hydrogen) atoms. The minimum Gasteiger partial charge on any atom is -0.456 e. The van der Waals surface area contributed by atoms with Crippen LogP contribution in [0.3, 0.4) is 0 Å². The van der Waals surface area contributed by atoms with E-state index < -0.39 is 0 Å². The normalized spacial score (nSPS) is 11.6. The number of anilines is 3. The lowest BCUT2D eigenvalue weighted by Gasteiger charge is -2.28. The highest BCUT2D eigenvalue weighted by atomic mass is 16.3. The molecule has 2 aromatic heterocycles. The fourth-order valence-electron chi connectivity index (χ4n) is 8.36. The molecule has 258 valence electrons. The zero-order chi connectivity index (χ0) is 36.3. The van der Waals surface area contributed by atoms with Crippen LogP contribution in [0.4, 0.5) is 17.1 Å². The first-order chi connectivity index (χ1) is 27.3. The lowest BCUT2D eigenvalue weighted by Crippen LogP contribution is -2.11. The van der Waals surface area contributed by atoms with Crippen molar-refractivity contribution in [3.05, 3.63) is 200 Å². The van der Waals surface area contributed by atoms with Gasteiger partial charge in [0.1, 0.15) is 22.3 Å². The van der Waals surface area contributed by atoms with Crippen molar-refractivity contribution >= 4 is 71.7 Å². The molecule has 0 saturated heterocycles. The van der Waals surface area contributed by atoms with Gasteiger partial charge in [-0.05, 0) is 87.8 Å². The van der Waals surface area contributed by atoms with Gasteiger partial charge >= 0.3 is 0 Å². The summed E-state index contributed by atoms with van der Waals surface area (Å²) >= 11 is 0. The largest absolute Gasteiger partial charge is 0.456 e. The Morgan fingerprint density at radius 1 is 0.327 bits per heavy atom. The molecule has 0 saturated carbocycles. The summed E-state index contributed by atoms with van der Waals surface area (Å²) in [4.78, 5) is 2.38. The molecule has 0 bridgehead atoms. The van der Waals surface area contributed by atoms with Crippen molar-refractivity contribution in [3.8, 4) is 33.4 Å². The van der Waals surface area contributed by atoms with Crippen molar-refractivity contribution in [3.63, 3.8) is 0 Å². The van der Waals surface area contributed by atoms with Crippen molar-refractivity contribution < 1.29 is 8.83 Å².